The molecule has 0 saturated carbocycles. The summed E-state index contributed by atoms with van der Waals surface area (Å²) in [6, 6.07) is 0.501. The van der Waals surface area contributed by atoms with Crippen molar-refractivity contribution in [3.63, 3.8) is 0 Å². The van der Waals surface area contributed by atoms with Crippen LogP contribution >= 0.6 is 0 Å². The first kappa shape index (κ1) is 16.4. The minimum Gasteiger partial charge on any atom is -0.396 e. The van der Waals surface area contributed by atoms with E-state index in [0.29, 0.717) is 12.6 Å². The van der Waals surface area contributed by atoms with Gasteiger partial charge in [0.05, 0.1) is 6.54 Å². The summed E-state index contributed by atoms with van der Waals surface area (Å²) in [5.74, 6) is 0.277. The van der Waals surface area contributed by atoms with E-state index in [1.165, 1.54) is 12.8 Å². The van der Waals surface area contributed by atoms with E-state index < -0.39 is 0 Å². The summed E-state index contributed by atoms with van der Waals surface area (Å²) in [7, 11) is 0. The van der Waals surface area contributed by atoms with Gasteiger partial charge in [0.15, 0.2) is 0 Å². The monoisotopic (exact) mass is 270 g/mol. The van der Waals surface area contributed by atoms with Gasteiger partial charge in [0.25, 0.3) is 0 Å². The van der Waals surface area contributed by atoms with Crippen LogP contribution in [0.2, 0.25) is 0 Å². The third kappa shape index (κ3) is 5.49. The highest BCUT2D eigenvalue weighted by molar-refractivity contribution is 5.78. The van der Waals surface area contributed by atoms with Crippen LogP contribution in [0.4, 0.5) is 0 Å². The van der Waals surface area contributed by atoms with Crippen LogP contribution in [0.15, 0.2) is 0 Å². The smallest absolute Gasteiger partial charge is 0.236 e. The summed E-state index contributed by atoms with van der Waals surface area (Å²) in [5.41, 5.74) is 0. The van der Waals surface area contributed by atoms with Gasteiger partial charge in [0, 0.05) is 25.7 Å². The largest absolute Gasteiger partial charge is 0.396 e. The second kappa shape index (κ2) is 9.32. The predicted molar refractivity (Wildman–Crippen MR) is 78.1 cm³/mol. The molecule has 1 aliphatic rings. The fraction of sp³-hybridized carbons (Fsp3) is 0.933. The van der Waals surface area contributed by atoms with Crippen molar-refractivity contribution < 1.29 is 9.90 Å². The molecule has 1 fully saturated rings. The summed E-state index contributed by atoms with van der Waals surface area (Å²) < 4.78 is 0. The third-order valence-electron chi connectivity index (χ3n) is 3.87. The standard InChI is InChI=1S/C15H30N2O2/c1-3-9-16(10-4-2)15(19)13-17-11-5-7-14(17)8-6-12-18/h14,18H,3-13H2,1-2H3. The summed E-state index contributed by atoms with van der Waals surface area (Å²) in [5, 5.41) is 8.93. The Balaban J connectivity index is 2.44. The van der Waals surface area contributed by atoms with E-state index in [1.807, 2.05) is 4.90 Å². The van der Waals surface area contributed by atoms with Crippen molar-refractivity contribution in [3.05, 3.63) is 0 Å². The van der Waals surface area contributed by atoms with Gasteiger partial charge in [0.2, 0.25) is 5.91 Å². The molecule has 0 aromatic carbocycles. The predicted octanol–water partition coefficient (Wildman–Crippen LogP) is 1.87. The minimum atomic E-state index is 0.260. The van der Waals surface area contributed by atoms with Crippen LogP contribution in [-0.2, 0) is 4.79 Å². The summed E-state index contributed by atoms with van der Waals surface area (Å²) in [6.45, 7) is 7.86. The van der Waals surface area contributed by atoms with E-state index in [0.717, 1.165) is 45.3 Å². The number of aliphatic hydroxyl groups excluding tert-OH is 1. The highest BCUT2D eigenvalue weighted by Crippen LogP contribution is 2.21. The van der Waals surface area contributed by atoms with E-state index in [1.54, 1.807) is 0 Å². The number of likely N-dealkylation sites (tertiary alicyclic amines) is 1. The topological polar surface area (TPSA) is 43.8 Å². The Labute approximate surface area is 117 Å². The molecule has 1 N–H and O–H groups in total. The van der Waals surface area contributed by atoms with Crippen LogP contribution in [0, 0.1) is 0 Å². The Morgan fingerprint density at radius 1 is 1.32 bits per heavy atom. The van der Waals surface area contributed by atoms with E-state index in [2.05, 4.69) is 18.7 Å². The van der Waals surface area contributed by atoms with Crippen LogP contribution in [0.5, 0.6) is 0 Å². The number of amides is 1. The lowest BCUT2D eigenvalue weighted by atomic mass is 10.1. The Bertz CT molecular complexity index is 253. The van der Waals surface area contributed by atoms with Crippen molar-refractivity contribution in [3.8, 4) is 0 Å². The van der Waals surface area contributed by atoms with Gasteiger partial charge in [-0.2, -0.15) is 0 Å². The number of hydrogen-bond acceptors (Lipinski definition) is 3. The zero-order valence-electron chi connectivity index (χ0n) is 12.6. The molecule has 4 heteroatoms. The lowest BCUT2D eigenvalue weighted by Crippen LogP contribution is -2.42. The fourth-order valence-electron chi connectivity index (χ4n) is 2.93. The summed E-state index contributed by atoms with van der Waals surface area (Å²) in [4.78, 5) is 16.7. The average Bonchev–Trinajstić information content (AvgIpc) is 2.83. The second-order valence-corrected chi connectivity index (χ2v) is 5.51. The van der Waals surface area contributed by atoms with E-state index >= 15 is 0 Å². The van der Waals surface area contributed by atoms with Gasteiger partial charge in [0.1, 0.15) is 0 Å². The van der Waals surface area contributed by atoms with Crippen LogP contribution in [0.1, 0.15) is 52.4 Å². The van der Waals surface area contributed by atoms with Crippen LogP contribution in [0.3, 0.4) is 0 Å². The molecule has 1 amide bonds. The van der Waals surface area contributed by atoms with Gasteiger partial charge < -0.3 is 10.0 Å². The van der Waals surface area contributed by atoms with E-state index in [9.17, 15) is 4.79 Å². The molecule has 0 bridgehead atoms. The molecule has 1 atom stereocenters. The van der Waals surface area contributed by atoms with Crippen molar-refractivity contribution in [2.75, 3.05) is 32.8 Å². The van der Waals surface area contributed by atoms with E-state index in [-0.39, 0.29) is 12.5 Å². The van der Waals surface area contributed by atoms with Crippen molar-refractivity contribution in [2.45, 2.75) is 58.4 Å². The average molecular weight is 270 g/mol. The molecule has 1 rings (SSSR count). The highest BCUT2D eigenvalue weighted by Gasteiger charge is 2.26. The van der Waals surface area contributed by atoms with Crippen LogP contribution in [-0.4, -0.2) is 59.6 Å². The maximum absolute atomic E-state index is 12.3. The summed E-state index contributed by atoms with van der Waals surface area (Å²) in [6.07, 6.45) is 6.29. The molecule has 4 nitrogen and oxygen atoms in total. The molecular weight excluding hydrogens is 240 g/mol. The molecule has 112 valence electrons. The van der Waals surface area contributed by atoms with Gasteiger partial charge in [-0.3, -0.25) is 9.69 Å². The van der Waals surface area contributed by atoms with Gasteiger partial charge in [-0.15, -0.1) is 0 Å². The van der Waals surface area contributed by atoms with Crippen LogP contribution in [0.25, 0.3) is 0 Å². The van der Waals surface area contributed by atoms with Crippen LogP contribution < -0.4 is 0 Å². The SMILES string of the molecule is CCCN(CCC)C(=O)CN1CCCC1CCCO. The van der Waals surface area contributed by atoms with Crippen molar-refractivity contribution in [1.29, 1.82) is 0 Å². The van der Waals surface area contributed by atoms with Crippen molar-refractivity contribution in [1.82, 2.24) is 9.80 Å². The molecule has 0 radical (unpaired) electrons. The quantitative estimate of drug-likeness (QED) is 0.695. The Kier molecular flexibility index (Phi) is 8.07. The lowest BCUT2D eigenvalue weighted by molar-refractivity contribution is -0.132. The van der Waals surface area contributed by atoms with Gasteiger partial charge >= 0.3 is 0 Å². The molecule has 0 spiro atoms. The number of carbonyl (C=O) groups excluding carboxylic acids is 1. The fourth-order valence-corrected chi connectivity index (χ4v) is 2.93. The number of carbonyl (C=O) groups is 1. The molecule has 1 aliphatic heterocycles. The highest BCUT2D eigenvalue weighted by atomic mass is 16.3. The second-order valence-electron chi connectivity index (χ2n) is 5.51. The molecule has 1 saturated heterocycles. The first-order chi connectivity index (χ1) is 9.22. The zero-order valence-corrected chi connectivity index (χ0v) is 12.6. The number of nitrogens with zero attached hydrogens (tertiary/aromatic N) is 2. The van der Waals surface area contributed by atoms with Gasteiger partial charge in [-0.25, -0.2) is 0 Å². The lowest BCUT2D eigenvalue weighted by Gasteiger charge is -2.28. The molecule has 1 unspecified atom stereocenters. The maximum Gasteiger partial charge on any atom is 0.236 e. The molecule has 0 aromatic rings. The molecule has 0 aliphatic carbocycles. The zero-order chi connectivity index (χ0) is 14.1. The van der Waals surface area contributed by atoms with Gasteiger partial charge in [-0.1, -0.05) is 13.8 Å². The Hall–Kier alpha value is -0.610. The first-order valence-corrected chi connectivity index (χ1v) is 7.85. The minimum absolute atomic E-state index is 0.260. The van der Waals surface area contributed by atoms with Crippen molar-refractivity contribution >= 4 is 5.91 Å². The van der Waals surface area contributed by atoms with Crippen molar-refractivity contribution in [2.24, 2.45) is 0 Å². The Morgan fingerprint density at radius 2 is 2.00 bits per heavy atom. The third-order valence-corrected chi connectivity index (χ3v) is 3.87. The Morgan fingerprint density at radius 3 is 2.58 bits per heavy atom. The van der Waals surface area contributed by atoms with E-state index in [4.69, 9.17) is 5.11 Å². The maximum atomic E-state index is 12.3. The molecular formula is C15H30N2O2. The number of aliphatic hydroxyl groups is 1. The normalized spacial score (nSPS) is 19.8. The number of hydrogen-bond donors (Lipinski definition) is 1. The molecule has 1 heterocycles. The first-order valence-electron chi connectivity index (χ1n) is 7.85. The van der Waals surface area contributed by atoms with Gasteiger partial charge in [-0.05, 0) is 45.1 Å². The number of rotatable bonds is 9. The molecule has 0 aromatic heterocycles. The molecule has 19 heavy (non-hydrogen) atoms. The summed E-state index contributed by atoms with van der Waals surface area (Å²) >= 11 is 0.